The highest BCUT2D eigenvalue weighted by atomic mass is 35.5. The second-order valence-corrected chi connectivity index (χ2v) is 4.79. The van der Waals surface area contributed by atoms with Crippen LogP contribution in [-0.4, -0.2) is 28.1 Å². The molecule has 1 saturated heterocycles. The van der Waals surface area contributed by atoms with Gasteiger partial charge in [0, 0.05) is 25.0 Å². The largest absolute Gasteiger partial charge is 0.329 e. The highest BCUT2D eigenvalue weighted by Gasteiger charge is 2.35. The zero-order valence-electron chi connectivity index (χ0n) is 8.58. The van der Waals surface area contributed by atoms with Gasteiger partial charge in [-0.1, -0.05) is 6.07 Å². The summed E-state index contributed by atoms with van der Waals surface area (Å²) in [6, 6.07) is 3.91. The first-order valence-corrected chi connectivity index (χ1v) is 5.46. The molecule has 1 fully saturated rings. The van der Waals surface area contributed by atoms with E-state index in [9.17, 15) is 4.79 Å². The number of aromatic nitrogens is 1. The van der Waals surface area contributed by atoms with Crippen molar-refractivity contribution in [1.29, 1.82) is 0 Å². The first-order valence-electron chi connectivity index (χ1n) is 4.52. The Morgan fingerprint density at radius 3 is 2.73 bits per heavy atom. The van der Waals surface area contributed by atoms with Crippen molar-refractivity contribution in [2.75, 3.05) is 7.05 Å². The highest BCUT2D eigenvalue weighted by Crippen LogP contribution is 2.41. The van der Waals surface area contributed by atoms with Crippen LogP contribution in [0.2, 0.25) is 0 Å². The van der Waals surface area contributed by atoms with E-state index in [2.05, 4.69) is 4.98 Å². The summed E-state index contributed by atoms with van der Waals surface area (Å²) < 4.78 is 0. The Morgan fingerprint density at radius 2 is 2.27 bits per heavy atom. The summed E-state index contributed by atoms with van der Waals surface area (Å²) in [4.78, 5) is 17.4. The van der Waals surface area contributed by atoms with Crippen LogP contribution in [0.3, 0.4) is 0 Å². The molecule has 1 aliphatic rings. The van der Waals surface area contributed by atoms with E-state index in [0.29, 0.717) is 0 Å². The fourth-order valence-corrected chi connectivity index (χ4v) is 2.82. The predicted molar refractivity (Wildman–Crippen MR) is 64.0 cm³/mol. The number of pyridine rings is 1. The van der Waals surface area contributed by atoms with E-state index in [-0.39, 0.29) is 28.9 Å². The number of nitrogens with zero attached hydrogens (tertiary/aromatic N) is 2. The molecule has 5 heteroatoms. The number of thioether (sulfide) groups is 1. The van der Waals surface area contributed by atoms with Gasteiger partial charge in [0.15, 0.2) is 0 Å². The minimum Gasteiger partial charge on any atom is -0.329 e. The van der Waals surface area contributed by atoms with Crippen molar-refractivity contribution in [3.8, 4) is 0 Å². The molecule has 0 N–H and O–H groups in total. The lowest BCUT2D eigenvalue weighted by molar-refractivity contribution is -0.128. The molecule has 1 amide bonds. The summed E-state index contributed by atoms with van der Waals surface area (Å²) in [5, 5.41) is 0.191. The van der Waals surface area contributed by atoms with Gasteiger partial charge in [-0.2, -0.15) is 0 Å². The third-order valence-corrected chi connectivity index (χ3v) is 3.81. The summed E-state index contributed by atoms with van der Waals surface area (Å²) >= 11 is 1.67. The molecule has 1 aliphatic heterocycles. The zero-order chi connectivity index (χ0) is 10.1. The van der Waals surface area contributed by atoms with E-state index < -0.39 is 0 Å². The van der Waals surface area contributed by atoms with Gasteiger partial charge in [-0.05, 0) is 13.0 Å². The number of carbonyl (C=O) groups excluding carboxylic acids is 1. The van der Waals surface area contributed by atoms with Crippen LogP contribution in [0.15, 0.2) is 24.5 Å². The molecular formula is C10H13ClN2OS. The van der Waals surface area contributed by atoms with Crippen molar-refractivity contribution >= 4 is 30.1 Å². The normalized spacial score (nSPS) is 25.2. The second kappa shape index (κ2) is 4.86. The Bertz CT molecular complexity index is 347. The lowest BCUT2D eigenvalue weighted by Gasteiger charge is -2.18. The molecule has 1 aromatic rings. The highest BCUT2D eigenvalue weighted by molar-refractivity contribution is 8.01. The van der Waals surface area contributed by atoms with Gasteiger partial charge in [-0.3, -0.25) is 9.78 Å². The van der Waals surface area contributed by atoms with Crippen LogP contribution in [-0.2, 0) is 4.79 Å². The second-order valence-electron chi connectivity index (χ2n) is 3.37. The summed E-state index contributed by atoms with van der Waals surface area (Å²) in [6.07, 6.45) is 3.56. The average molecular weight is 245 g/mol. The SMILES string of the molecule is C[C@H]1S[C@@H](c2cccnc2)N(C)C1=O.Cl. The summed E-state index contributed by atoms with van der Waals surface area (Å²) in [5.41, 5.74) is 1.10. The molecule has 0 unspecified atom stereocenters. The predicted octanol–water partition coefficient (Wildman–Crippen LogP) is 2.10. The lowest BCUT2D eigenvalue weighted by Crippen LogP contribution is -2.25. The van der Waals surface area contributed by atoms with Crippen molar-refractivity contribution in [3.63, 3.8) is 0 Å². The number of carbonyl (C=O) groups is 1. The standard InChI is InChI=1S/C10H12N2OS.ClH/c1-7-9(13)12(2)10(14-7)8-4-3-5-11-6-8;/h3-7,10H,1-2H3;1H/t7-,10+;/m1./s1. The zero-order valence-corrected chi connectivity index (χ0v) is 10.2. The first-order chi connectivity index (χ1) is 6.70. The third kappa shape index (κ3) is 2.26. The van der Waals surface area contributed by atoms with E-state index in [4.69, 9.17) is 0 Å². The minimum absolute atomic E-state index is 0. The van der Waals surface area contributed by atoms with Crippen molar-refractivity contribution in [3.05, 3.63) is 30.1 Å². The summed E-state index contributed by atoms with van der Waals surface area (Å²) in [7, 11) is 1.84. The molecule has 82 valence electrons. The molecule has 0 spiro atoms. The number of rotatable bonds is 1. The molecule has 15 heavy (non-hydrogen) atoms. The molecule has 3 nitrogen and oxygen atoms in total. The molecule has 1 aromatic heterocycles. The fourth-order valence-electron chi connectivity index (χ4n) is 1.57. The van der Waals surface area contributed by atoms with Gasteiger partial charge in [0.05, 0.1) is 5.25 Å². The quantitative estimate of drug-likeness (QED) is 0.759. The third-order valence-electron chi connectivity index (χ3n) is 2.35. The smallest absolute Gasteiger partial charge is 0.236 e. The monoisotopic (exact) mass is 244 g/mol. The van der Waals surface area contributed by atoms with Gasteiger partial charge in [0.1, 0.15) is 5.37 Å². The maximum atomic E-state index is 11.6. The molecule has 0 aromatic carbocycles. The molecule has 0 aliphatic carbocycles. The molecule has 2 heterocycles. The number of halogens is 1. The Kier molecular flexibility index (Phi) is 3.99. The van der Waals surface area contributed by atoms with E-state index in [1.165, 1.54) is 0 Å². The van der Waals surface area contributed by atoms with Gasteiger partial charge in [0.25, 0.3) is 0 Å². The molecule has 0 bridgehead atoms. The van der Waals surface area contributed by atoms with Crippen molar-refractivity contribution in [2.24, 2.45) is 0 Å². The number of hydrogen-bond donors (Lipinski definition) is 0. The molecule has 2 rings (SSSR count). The minimum atomic E-state index is 0. The van der Waals surface area contributed by atoms with Crippen LogP contribution < -0.4 is 0 Å². The van der Waals surface area contributed by atoms with Crippen molar-refractivity contribution in [2.45, 2.75) is 17.5 Å². The Morgan fingerprint density at radius 1 is 1.53 bits per heavy atom. The van der Waals surface area contributed by atoms with E-state index in [1.807, 2.05) is 32.3 Å². The first kappa shape index (κ1) is 12.3. The maximum absolute atomic E-state index is 11.6. The van der Waals surface area contributed by atoms with Gasteiger partial charge < -0.3 is 4.90 Å². The van der Waals surface area contributed by atoms with E-state index in [1.54, 1.807) is 22.9 Å². The summed E-state index contributed by atoms with van der Waals surface area (Å²) in [5.74, 6) is 0.198. The van der Waals surface area contributed by atoms with Crippen LogP contribution in [0.1, 0.15) is 17.9 Å². The Hall–Kier alpha value is -0.740. The summed E-state index contributed by atoms with van der Waals surface area (Å²) in [6.45, 7) is 1.94. The van der Waals surface area contributed by atoms with Crippen LogP contribution in [0, 0.1) is 0 Å². The Balaban J connectivity index is 0.00000112. The molecule has 0 radical (unpaired) electrons. The maximum Gasteiger partial charge on any atom is 0.236 e. The average Bonchev–Trinajstić information content (AvgIpc) is 2.47. The van der Waals surface area contributed by atoms with E-state index in [0.717, 1.165) is 5.56 Å². The van der Waals surface area contributed by atoms with Crippen molar-refractivity contribution < 1.29 is 4.79 Å². The number of amides is 1. The van der Waals surface area contributed by atoms with E-state index >= 15 is 0 Å². The van der Waals surface area contributed by atoms with Crippen LogP contribution in [0.25, 0.3) is 0 Å². The molecular weight excluding hydrogens is 232 g/mol. The van der Waals surface area contributed by atoms with Crippen molar-refractivity contribution in [1.82, 2.24) is 9.88 Å². The molecule has 2 atom stereocenters. The number of hydrogen-bond acceptors (Lipinski definition) is 3. The Labute approximate surface area is 99.7 Å². The van der Waals surface area contributed by atoms with Crippen LogP contribution >= 0.6 is 24.2 Å². The van der Waals surface area contributed by atoms with Crippen LogP contribution in [0.4, 0.5) is 0 Å². The van der Waals surface area contributed by atoms with Gasteiger partial charge in [-0.15, -0.1) is 24.2 Å². The van der Waals surface area contributed by atoms with Gasteiger partial charge in [-0.25, -0.2) is 0 Å². The fraction of sp³-hybridized carbons (Fsp3) is 0.400. The van der Waals surface area contributed by atoms with Crippen LogP contribution in [0.5, 0.6) is 0 Å². The lowest BCUT2D eigenvalue weighted by atomic mass is 10.2. The molecule has 0 saturated carbocycles. The van der Waals surface area contributed by atoms with Gasteiger partial charge in [0.2, 0.25) is 5.91 Å². The van der Waals surface area contributed by atoms with Gasteiger partial charge >= 0.3 is 0 Å². The topological polar surface area (TPSA) is 33.2 Å².